The molecule has 0 saturated carbocycles. The third-order valence-corrected chi connectivity index (χ3v) is 5.53. The molecular weight excluding hydrogens is 376 g/mol. The molecule has 146 valence electrons. The molecule has 1 N–H and O–H groups in total. The Labute approximate surface area is 169 Å². The van der Waals surface area contributed by atoms with Gasteiger partial charge in [0, 0.05) is 41.5 Å². The number of nitrogens with one attached hydrogen (secondary N) is 1. The number of hydrogen-bond donors (Lipinski definition) is 1. The van der Waals surface area contributed by atoms with Gasteiger partial charge in [-0.15, -0.1) is 0 Å². The van der Waals surface area contributed by atoms with Crippen LogP contribution in [-0.4, -0.2) is 37.6 Å². The van der Waals surface area contributed by atoms with E-state index in [1.807, 2.05) is 12.1 Å². The normalized spacial score (nSPS) is 18.6. The van der Waals surface area contributed by atoms with Crippen LogP contribution in [0.4, 0.5) is 5.69 Å². The number of nitrogens with zero attached hydrogens (tertiary/aromatic N) is 1. The number of carbonyl (C=O) groups is 2. The number of fused-ring (bicyclic) bond motifs is 1. The van der Waals surface area contributed by atoms with Crippen molar-refractivity contribution in [3.05, 3.63) is 64.2 Å². The van der Waals surface area contributed by atoms with Crippen molar-refractivity contribution >= 4 is 29.1 Å². The Morgan fingerprint density at radius 2 is 2.04 bits per heavy atom. The summed E-state index contributed by atoms with van der Waals surface area (Å²) in [5, 5.41) is 3.50. The molecule has 2 heterocycles. The van der Waals surface area contributed by atoms with Gasteiger partial charge in [-0.2, -0.15) is 0 Å². The van der Waals surface area contributed by atoms with Gasteiger partial charge in [-0.3, -0.25) is 9.59 Å². The second kappa shape index (κ2) is 8.33. The number of amides is 2. The Morgan fingerprint density at radius 3 is 2.82 bits per heavy atom. The standard InChI is InChI=1S/C22H23ClN2O3/c23-18-6-1-4-17(13-18)22(27)25-10-2-5-15-12-16(8-9-20(15)25)21(26)24-14-19-7-3-11-28-19/h1,4,6,8-9,12-13,19H,2-3,5,7,10-11,14H2,(H,24,26)/t19-/m0/s1. The van der Waals surface area contributed by atoms with Gasteiger partial charge < -0.3 is 15.0 Å². The molecule has 2 aromatic rings. The summed E-state index contributed by atoms with van der Waals surface area (Å²) in [5.74, 6) is -0.171. The van der Waals surface area contributed by atoms with Crippen molar-refractivity contribution in [2.45, 2.75) is 31.8 Å². The van der Waals surface area contributed by atoms with Crippen LogP contribution in [0.1, 0.15) is 45.5 Å². The van der Waals surface area contributed by atoms with Crippen LogP contribution in [0.5, 0.6) is 0 Å². The largest absolute Gasteiger partial charge is 0.376 e. The van der Waals surface area contributed by atoms with Crippen molar-refractivity contribution in [1.82, 2.24) is 5.32 Å². The Kier molecular flexibility index (Phi) is 5.64. The van der Waals surface area contributed by atoms with Gasteiger partial charge >= 0.3 is 0 Å². The molecule has 0 spiro atoms. The Bertz CT molecular complexity index is 893. The van der Waals surface area contributed by atoms with Gasteiger partial charge in [-0.1, -0.05) is 17.7 Å². The van der Waals surface area contributed by atoms with E-state index in [1.54, 1.807) is 35.2 Å². The zero-order valence-corrected chi connectivity index (χ0v) is 16.4. The molecule has 0 aromatic heterocycles. The molecule has 4 rings (SSSR count). The highest BCUT2D eigenvalue weighted by Crippen LogP contribution is 2.30. The predicted octanol–water partition coefficient (Wildman–Crippen LogP) is 3.84. The molecule has 0 unspecified atom stereocenters. The van der Waals surface area contributed by atoms with E-state index in [4.69, 9.17) is 16.3 Å². The summed E-state index contributed by atoms with van der Waals surface area (Å²) in [7, 11) is 0. The van der Waals surface area contributed by atoms with Crippen molar-refractivity contribution in [2.75, 3.05) is 24.6 Å². The van der Waals surface area contributed by atoms with Gasteiger partial charge in [0.25, 0.3) is 11.8 Å². The minimum Gasteiger partial charge on any atom is -0.376 e. The molecule has 2 aromatic carbocycles. The zero-order valence-electron chi connectivity index (χ0n) is 15.6. The average Bonchev–Trinajstić information content (AvgIpc) is 3.24. The number of benzene rings is 2. The quantitative estimate of drug-likeness (QED) is 0.851. The van der Waals surface area contributed by atoms with Crippen LogP contribution in [0.15, 0.2) is 42.5 Å². The lowest BCUT2D eigenvalue weighted by atomic mass is 9.98. The van der Waals surface area contributed by atoms with Crippen LogP contribution in [0.2, 0.25) is 5.02 Å². The predicted molar refractivity (Wildman–Crippen MR) is 109 cm³/mol. The zero-order chi connectivity index (χ0) is 19.5. The fraction of sp³-hybridized carbons (Fsp3) is 0.364. The molecular formula is C22H23ClN2O3. The van der Waals surface area contributed by atoms with E-state index in [0.29, 0.717) is 29.2 Å². The number of ether oxygens (including phenoxy) is 1. The van der Waals surface area contributed by atoms with Crippen LogP contribution in [-0.2, 0) is 11.2 Å². The fourth-order valence-corrected chi connectivity index (χ4v) is 4.03. The van der Waals surface area contributed by atoms with Crippen LogP contribution in [0.25, 0.3) is 0 Å². The second-order valence-corrected chi connectivity index (χ2v) is 7.70. The van der Waals surface area contributed by atoms with Crippen molar-refractivity contribution in [3.8, 4) is 0 Å². The molecule has 0 radical (unpaired) electrons. The highest BCUT2D eigenvalue weighted by Gasteiger charge is 2.25. The smallest absolute Gasteiger partial charge is 0.258 e. The molecule has 0 bridgehead atoms. The monoisotopic (exact) mass is 398 g/mol. The van der Waals surface area contributed by atoms with Crippen molar-refractivity contribution in [1.29, 1.82) is 0 Å². The third kappa shape index (κ3) is 4.05. The fourth-order valence-electron chi connectivity index (χ4n) is 3.84. The molecule has 0 aliphatic carbocycles. The molecule has 6 heteroatoms. The highest BCUT2D eigenvalue weighted by atomic mass is 35.5. The summed E-state index contributed by atoms with van der Waals surface area (Å²) in [6.45, 7) is 1.97. The first kappa shape index (κ1) is 19.0. The maximum Gasteiger partial charge on any atom is 0.258 e. The lowest BCUT2D eigenvalue weighted by Gasteiger charge is -2.30. The van der Waals surface area contributed by atoms with E-state index in [2.05, 4.69) is 5.32 Å². The van der Waals surface area contributed by atoms with Crippen LogP contribution in [0.3, 0.4) is 0 Å². The Balaban J connectivity index is 1.50. The summed E-state index contributed by atoms with van der Waals surface area (Å²) < 4.78 is 5.55. The maximum atomic E-state index is 13.0. The van der Waals surface area contributed by atoms with Gasteiger partial charge in [0.15, 0.2) is 0 Å². The van der Waals surface area contributed by atoms with E-state index in [1.165, 1.54) is 0 Å². The highest BCUT2D eigenvalue weighted by molar-refractivity contribution is 6.31. The molecule has 2 aliphatic heterocycles. The molecule has 28 heavy (non-hydrogen) atoms. The summed E-state index contributed by atoms with van der Waals surface area (Å²) in [6, 6.07) is 12.6. The summed E-state index contributed by atoms with van der Waals surface area (Å²) in [6.07, 6.45) is 3.87. The van der Waals surface area contributed by atoms with Crippen LogP contribution in [0, 0.1) is 0 Å². The van der Waals surface area contributed by atoms with Gasteiger partial charge in [0.1, 0.15) is 0 Å². The Morgan fingerprint density at radius 1 is 1.14 bits per heavy atom. The number of aryl methyl sites for hydroxylation is 1. The first-order valence-corrected chi connectivity index (χ1v) is 10.1. The molecule has 1 fully saturated rings. The third-order valence-electron chi connectivity index (χ3n) is 5.29. The second-order valence-electron chi connectivity index (χ2n) is 7.26. The van der Waals surface area contributed by atoms with Crippen molar-refractivity contribution in [2.24, 2.45) is 0 Å². The first-order chi connectivity index (χ1) is 13.6. The number of carbonyl (C=O) groups excluding carboxylic acids is 2. The number of anilines is 1. The molecule has 2 aliphatic rings. The van der Waals surface area contributed by atoms with Crippen molar-refractivity contribution < 1.29 is 14.3 Å². The lowest BCUT2D eigenvalue weighted by Crippen LogP contribution is -2.36. The Hall–Kier alpha value is -2.37. The van der Waals surface area contributed by atoms with Crippen LogP contribution < -0.4 is 10.2 Å². The lowest BCUT2D eigenvalue weighted by molar-refractivity contribution is 0.0857. The molecule has 2 amide bonds. The van der Waals surface area contributed by atoms with Gasteiger partial charge in [-0.25, -0.2) is 0 Å². The molecule has 1 atom stereocenters. The van der Waals surface area contributed by atoms with E-state index in [-0.39, 0.29) is 17.9 Å². The number of halogens is 1. The minimum absolute atomic E-state index is 0.0703. The topological polar surface area (TPSA) is 58.6 Å². The number of rotatable bonds is 4. The summed E-state index contributed by atoms with van der Waals surface area (Å²) in [5.41, 5.74) is 3.07. The van der Waals surface area contributed by atoms with Crippen molar-refractivity contribution in [3.63, 3.8) is 0 Å². The average molecular weight is 399 g/mol. The summed E-state index contributed by atoms with van der Waals surface area (Å²) in [4.78, 5) is 27.2. The van der Waals surface area contributed by atoms with E-state index >= 15 is 0 Å². The molecule has 1 saturated heterocycles. The van der Waals surface area contributed by atoms with Gasteiger partial charge in [0.05, 0.1) is 6.10 Å². The molecule has 5 nitrogen and oxygen atoms in total. The minimum atomic E-state index is -0.100. The van der Waals surface area contributed by atoms with Gasteiger partial charge in [0.2, 0.25) is 0 Å². The van der Waals surface area contributed by atoms with Gasteiger partial charge in [-0.05, 0) is 67.6 Å². The first-order valence-electron chi connectivity index (χ1n) is 9.72. The van der Waals surface area contributed by atoms with Crippen LogP contribution >= 0.6 is 11.6 Å². The van der Waals surface area contributed by atoms with E-state index < -0.39 is 0 Å². The maximum absolute atomic E-state index is 13.0. The summed E-state index contributed by atoms with van der Waals surface area (Å²) >= 11 is 6.04. The van der Waals surface area contributed by atoms with E-state index in [9.17, 15) is 9.59 Å². The van der Waals surface area contributed by atoms with E-state index in [0.717, 1.165) is 43.5 Å². The SMILES string of the molecule is O=C(NC[C@@H]1CCCO1)c1ccc2c(c1)CCCN2C(=O)c1cccc(Cl)c1. The number of hydrogen-bond acceptors (Lipinski definition) is 3.